The van der Waals surface area contributed by atoms with Crippen molar-refractivity contribution in [1.82, 2.24) is 5.32 Å². The summed E-state index contributed by atoms with van der Waals surface area (Å²) >= 11 is 4.02. The summed E-state index contributed by atoms with van der Waals surface area (Å²) in [7, 11) is 0. The lowest BCUT2D eigenvalue weighted by molar-refractivity contribution is 0.465. The van der Waals surface area contributed by atoms with Gasteiger partial charge in [0.25, 0.3) is 0 Å². The van der Waals surface area contributed by atoms with E-state index in [1.807, 2.05) is 11.8 Å². The second-order valence-corrected chi connectivity index (χ2v) is 5.55. The molecular formula is C9H19NS2. The first-order valence-electron chi connectivity index (χ1n) is 4.65. The van der Waals surface area contributed by atoms with Crippen molar-refractivity contribution < 1.29 is 0 Å². The lowest BCUT2D eigenvalue weighted by atomic mass is 10.2. The van der Waals surface area contributed by atoms with Crippen LogP contribution < -0.4 is 5.32 Å². The zero-order valence-corrected chi connectivity index (χ0v) is 9.64. The van der Waals surface area contributed by atoms with Crippen LogP contribution in [-0.4, -0.2) is 35.6 Å². The summed E-state index contributed by atoms with van der Waals surface area (Å²) in [6.45, 7) is 2.30. The van der Waals surface area contributed by atoms with E-state index in [9.17, 15) is 0 Å². The van der Waals surface area contributed by atoms with Crippen LogP contribution in [0.3, 0.4) is 0 Å². The molecule has 1 heterocycles. The predicted octanol–water partition coefficient (Wildman–Crippen LogP) is 2.22. The zero-order chi connectivity index (χ0) is 8.81. The highest BCUT2D eigenvalue weighted by molar-refractivity contribution is 7.99. The Bertz CT molecular complexity index is 113. The van der Waals surface area contributed by atoms with Gasteiger partial charge in [-0.2, -0.15) is 23.5 Å². The molecule has 0 bridgehead atoms. The maximum absolute atomic E-state index is 3.68. The van der Waals surface area contributed by atoms with Crippen molar-refractivity contribution in [2.24, 2.45) is 0 Å². The lowest BCUT2D eigenvalue weighted by Gasteiger charge is -2.17. The maximum Gasteiger partial charge on any atom is 0.0168 e. The number of hydrogen-bond donors (Lipinski definition) is 1. The molecule has 1 saturated heterocycles. The molecule has 1 nitrogen and oxygen atoms in total. The van der Waals surface area contributed by atoms with E-state index >= 15 is 0 Å². The molecule has 1 N–H and O–H groups in total. The van der Waals surface area contributed by atoms with Gasteiger partial charge in [0.15, 0.2) is 0 Å². The highest BCUT2D eigenvalue weighted by Gasteiger charge is 2.16. The fraction of sp³-hybridized carbons (Fsp3) is 1.00. The van der Waals surface area contributed by atoms with Crippen LogP contribution >= 0.6 is 23.5 Å². The number of nitrogens with one attached hydrogen (secondary N) is 1. The van der Waals surface area contributed by atoms with E-state index < -0.39 is 0 Å². The van der Waals surface area contributed by atoms with Crippen molar-refractivity contribution in [1.29, 1.82) is 0 Å². The molecule has 0 aliphatic carbocycles. The molecule has 1 aliphatic rings. The van der Waals surface area contributed by atoms with Gasteiger partial charge in [-0.05, 0) is 37.5 Å². The molecule has 12 heavy (non-hydrogen) atoms. The molecule has 1 fully saturated rings. The van der Waals surface area contributed by atoms with E-state index in [-0.39, 0.29) is 0 Å². The molecule has 1 rings (SSSR count). The minimum atomic E-state index is 0.709. The predicted molar refractivity (Wildman–Crippen MR) is 61.3 cm³/mol. The highest BCUT2D eigenvalue weighted by atomic mass is 32.2. The minimum absolute atomic E-state index is 0.709. The van der Waals surface area contributed by atoms with Crippen LogP contribution in [-0.2, 0) is 0 Å². The Balaban J connectivity index is 2.03. The molecule has 0 aromatic carbocycles. The van der Waals surface area contributed by atoms with Crippen LogP contribution in [0.1, 0.15) is 19.8 Å². The Kier molecular flexibility index (Phi) is 5.52. The first-order valence-corrected chi connectivity index (χ1v) is 7.20. The van der Waals surface area contributed by atoms with Crippen LogP contribution in [0.5, 0.6) is 0 Å². The van der Waals surface area contributed by atoms with Gasteiger partial charge in [0.1, 0.15) is 0 Å². The number of rotatable bonds is 5. The summed E-state index contributed by atoms with van der Waals surface area (Å²) in [5.74, 6) is 3.96. The molecule has 0 aromatic rings. The van der Waals surface area contributed by atoms with E-state index in [1.54, 1.807) is 0 Å². The van der Waals surface area contributed by atoms with Gasteiger partial charge in [-0.1, -0.05) is 0 Å². The van der Waals surface area contributed by atoms with Crippen molar-refractivity contribution in [3.8, 4) is 0 Å². The Morgan fingerprint density at radius 1 is 1.67 bits per heavy atom. The largest absolute Gasteiger partial charge is 0.311 e. The van der Waals surface area contributed by atoms with Crippen LogP contribution in [0.2, 0.25) is 0 Å². The Hall–Kier alpha value is 0.660. The van der Waals surface area contributed by atoms with Crippen LogP contribution in [0.25, 0.3) is 0 Å². The molecule has 72 valence electrons. The smallest absolute Gasteiger partial charge is 0.0168 e. The van der Waals surface area contributed by atoms with E-state index in [4.69, 9.17) is 0 Å². The second kappa shape index (κ2) is 6.17. The van der Waals surface area contributed by atoms with Crippen molar-refractivity contribution in [2.75, 3.05) is 23.5 Å². The van der Waals surface area contributed by atoms with E-state index in [1.165, 1.54) is 30.1 Å². The average molecular weight is 205 g/mol. The molecule has 0 spiro atoms. The molecule has 1 aliphatic heterocycles. The van der Waals surface area contributed by atoms with E-state index in [0.29, 0.717) is 6.04 Å². The number of hydrogen-bond acceptors (Lipinski definition) is 3. The Labute approximate surface area is 84.4 Å². The van der Waals surface area contributed by atoms with Gasteiger partial charge >= 0.3 is 0 Å². The van der Waals surface area contributed by atoms with E-state index in [2.05, 4.69) is 30.3 Å². The molecule has 2 atom stereocenters. The first kappa shape index (κ1) is 10.7. The Morgan fingerprint density at radius 3 is 3.08 bits per heavy atom. The fourth-order valence-corrected chi connectivity index (χ4v) is 3.20. The van der Waals surface area contributed by atoms with Crippen molar-refractivity contribution >= 4 is 23.5 Å². The molecule has 2 unspecified atom stereocenters. The SMILES string of the molecule is CSCCC(C)NC1CCSC1. The highest BCUT2D eigenvalue weighted by Crippen LogP contribution is 2.17. The maximum atomic E-state index is 3.68. The summed E-state index contributed by atoms with van der Waals surface area (Å²) in [6.07, 6.45) is 4.86. The van der Waals surface area contributed by atoms with Gasteiger partial charge < -0.3 is 5.32 Å². The monoisotopic (exact) mass is 205 g/mol. The van der Waals surface area contributed by atoms with Gasteiger partial charge in [-0.25, -0.2) is 0 Å². The normalized spacial score (nSPS) is 26.0. The summed E-state index contributed by atoms with van der Waals surface area (Å²) in [5, 5.41) is 3.68. The standard InChI is InChI=1S/C9H19NS2/c1-8(3-5-11-2)10-9-4-6-12-7-9/h8-10H,3-7H2,1-2H3. The average Bonchev–Trinajstić information content (AvgIpc) is 2.53. The second-order valence-electron chi connectivity index (χ2n) is 3.41. The van der Waals surface area contributed by atoms with Gasteiger partial charge in [-0.15, -0.1) is 0 Å². The third-order valence-corrected chi connectivity index (χ3v) is 4.01. The van der Waals surface area contributed by atoms with Gasteiger partial charge in [0, 0.05) is 17.8 Å². The Morgan fingerprint density at radius 2 is 2.50 bits per heavy atom. The van der Waals surface area contributed by atoms with Crippen LogP contribution in [0, 0.1) is 0 Å². The van der Waals surface area contributed by atoms with Gasteiger partial charge in [0.05, 0.1) is 0 Å². The van der Waals surface area contributed by atoms with Crippen LogP contribution in [0.4, 0.5) is 0 Å². The summed E-state index contributed by atoms with van der Waals surface area (Å²) in [5.41, 5.74) is 0. The first-order chi connectivity index (χ1) is 5.83. The van der Waals surface area contributed by atoms with Crippen molar-refractivity contribution in [2.45, 2.75) is 31.8 Å². The van der Waals surface area contributed by atoms with Gasteiger partial charge in [-0.3, -0.25) is 0 Å². The van der Waals surface area contributed by atoms with E-state index in [0.717, 1.165) is 6.04 Å². The molecular weight excluding hydrogens is 186 g/mol. The summed E-state index contributed by atoms with van der Waals surface area (Å²) in [4.78, 5) is 0. The summed E-state index contributed by atoms with van der Waals surface area (Å²) in [6, 6.07) is 1.51. The van der Waals surface area contributed by atoms with Gasteiger partial charge in [0.2, 0.25) is 0 Å². The molecule has 0 radical (unpaired) electrons. The molecule has 0 amide bonds. The lowest BCUT2D eigenvalue weighted by Crippen LogP contribution is -2.36. The van der Waals surface area contributed by atoms with Crippen LogP contribution in [0.15, 0.2) is 0 Å². The number of thioether (sulfide) groups is 2. The third-order valence-electron chi connectivity index (χ3n) is 2.20. The molecule has 3 heteroatoms. The fourth-order valence-electron chi connectivity index (χ4n) is 1.45. The minimum Gasteiger partial charge on any atom is -0.311 e. The molecule has 0 aromatic heterocycles. The van der Waals surface area contributed by atoms with Crippen molar-refractivity contribution in [3.05, 3.63) is 0 Å². The summed E-state index contributed by atoms with van der Waals surface area (Å²) < 4.78 is 0. The third kappa shape index (κ3) is 4.06. The quantitative estimate of drug-likeness (QED) is 0.739. The van der Waals surface area contributed by atoms with Crippen molar-refractivity contribution in [3.63, 3.8) is 0 Å². The zero-order valence-electron chi connectivity index (χ0n) is 8.01. The topological polar surface area (TPSA) is 12.0 Å². The molecule has 0 saturated carbocycles.